The van der Waals surface area contributed by atoms with Gasteiger partial charge in [0, 0.05) is 37.3 Å². The molecule has 0 saturated heterocycles. The number of rotatable bonds is 7. The molecular weight excluding hydrogens is 492 g/mol. The van der Waals surface area contributed by atoms with E-state index >= 15 is 0 Å². The van der Waals surface area contributed by atoms with Crippen LogP contribution in [0.3, 0.4) is 0 Å². The minimum Gasteiger partial charge on any atom is -0.489 e. The highest BCUT2D eigenvalue weighted by atomic mass is 32.2. The van der Waals surface area contributed by atoms with Gasteiger partial charge in [-0.05, 0) is 47.7 Å². The van der Waals surface area contributed by atoms with E-state index in [1.807, 2.05) is 38.1 Å². The largest absolute Gasteiger partial charge is 0.489 e. The van der Waals surface area contributed by atoms with Gasteiger partial charge in [-0.25, -0.2) is 8.42 Å². The lowest BCUT2D eigenvalue weighted by molar-refractivity contribution is -0.137. The van der Waals surface area contributed by atoms with E-state index in [1.54, 1.807) is 37.5 Å². The summed E-state index contributed by atoms with van der Waals surface area (Å²) in [6.07, 6.45) is 1.76. The van der Waals surface area contributed by atoms with Crippen molar-refractivity contribution in [2.45, 2.75) is 51.0 Å². The molecule has 1 aromatic heterocycles. The molecule has 2 aromatic carbocycles. The Morgan fingerprint density at radius 2 is 1.86 bits per heavy atom. The zero-order valence-electron chi connectivity index (χ0n) is 21.3. The lowest BCUT2D eigenvalue weighted by atomic mass is 9.87. The van der Waals surface area contributed by atoms with Crippen LogP contribution in [0.25, 0.3) is 0 Å². The predicted molar refractivity (Wildman–Crippen MR) is 141 cm³/mol. The number of aryl methyl sites for hydroxylation is 2. The van der Waals surface area contributed by atoms with Crippen LogP contribution in [0.15, 0.2) is 65.6 Å². The number of pyridine rings is 1. The maximum Gasteiger partial charge on any atom is 0.304 e. The first-order valence-corrected chi connectivity index (χ1v) is 13.9. The average molecular weight is 525 g/mol. The van der Waals surface area contributed by atoms with Gasteiger partial charge in [0.2, 0.25) is 10.0 Å². The Hall–Kier alpha value is -3.43. The second-order valence-corrected chi connectivity index (χ2v) is 11.5. The summed E-state index contributed by atoms with van der Waals surface area (Å²) < 4.78 is 36.1. The number of ether oxygens (including phenoxy) is 1. The fourth-order valence-electron chi connectivity index (χ4n) is 4.61. The van der Waals surface area contributed by atoms with Gasteiger partial charge in [-0.15, -0.1) is 0 Å². The summed E-state index contributed by atoms with van der Waals surface area (Å²) in [5, 5.41) is 9.59. The molecule has 1 aliphatic heterocycles. The number of hydrogen-bond donors (Lipinski definition) is 1. The third kappa shape index (κ3) is 6.11. The van der Waals surface area contributed by atoms with Crippen molar-refractivity contribution in [2.24, 2.45) is 7.05 Å². The lowest BCUT2D eigenvalue weighted by Crippen LogP contribution is -2.41. The highest BCUT2D eigenvalue weighted by molar-refractivity contribution is 7.88. The molecule has 0 aliphatic carbocycles. The summed E-state index contributed by atoms with van der Waals surface area (Å²) in [6, 6.07) is 16.0. The molecule has 4 rings (SSSR count). The van der Waals surface area contributed by atoms with Crippen LogP contribution in [0.2, 0.25) is 0 Å². The minimum absolute atomic E-state index is 0.139. The average Bonchev–Trinajstić information content (AvgIpc) is 2.84. The molecule has 2 atom stereocenters. The molecule has 0 bridgehead atoms. The van der Waals surface area contributed by atoms with Gasteiger partial charge in [-0.3, -0.25) is 9.59 Å². The van der Waals surface area contributed by atoms with Crippen LogP contribution in [-0.4, -0.2) is 41.0 Å². The van der Waals surface area contributed by atoms with Crippen LogP contribution in [0.5, 0.6) is 5.75 Å². The van der Waals surface area contributed by atoms with Gasteiger partial charge in [0.25, 0.3) is 5.56 Å². The minimum atomic E-state index is -3.65. The molecule has 0 spiro atoms. The second-order valence-electron chi connectivity index (χ2n) is 9.55. The predicted octanol–water partition coefficient (Wildman–Crippen LogP) is 3.80. The van der Waals surface area contributed by atoms with Crippen molar-refractivity contribution in [3.8, 4) is 5.75 Å². The van der Waals surface area contributed by atoms with Crippen molar-refractivity contribution >= 4 is 16.0 Å². The molecule has 9 heteroatoms. The van der Waals surface area contributed by atoms with Crippen molar-refractivity contribution < 1.29 is 23.1 Å². The van der Waals surface area contributed by atoms with E-state index in [2.05, 4.69) is 0 Å². The highest BCUT2D eigenvalue weighted by Crippen LogP contribution is 2.31. The Labute approximate surface area is 217 Å². The number of para-hydroxylation sites is 1. The van der Waals surface area contributed by atoms with Gasteiger partial charge in [0.05, 0.1) is 18.7 Å². The molecule has 2 heterocycles. The van der Waals surface area contributed by atoms with E-state index in [0.717, 1.165) is 11.1 Å². The Balaban J connectivity index is 1.71. The Morgan fingerprint density at radius 3 is 2.57 bits per heavy atom. The molecule has 37 heavy (non-hydrogen) atoms. The lowest BCUT2D eigenvalue weighted by Gasteiger charge is -2.31. The Morgan fingerprint density at radius 1 is 1.14 bits per heavy atom. The van der Waals surface area contributed by atoms with Crippen molar-refractivity contribution in [3.63, 3.8) is 0 Å². The third-order valence-electron chi connectivity index (χ3n) is 6.89. The molecular formula is C28H32N2O6S. The number of hydrogen-bond acceptors (Lipinski definition) is 5. The molecule has 1 N–H and O–H groups in total. The number of aromatic nitrogens is 1. The van der Waals surface area contributed by atoms with E-state index in [-0.39, 0.29) is 36.9 Å². The number of fused-ring (bicyclic) bond motifs is 1. The van der Waals surface area contributed by atoms with Crippen molar-refractivity contribution in [3.05, 3.63) is 99.0 Å². The van der Waals surface area contributed by atoms with Crippen LogP contribution in [0, 0.1) is 6.92 Å². The van der Waals surface area contributed by atoms with Gasteiger partial charge in [0.1, 0.15) is 11.9 Å². The standard InChI is InChI=1S/C28H32N2O6S/c1-4-24-17-30(37(34,35)18-22-7-5-6-8-26(22)36-24)16-23-13-20(10-9-19(23)2)25(15-28(32)33)21-11-12-29(3)27(31)14-21/h5-14,24-25H,4,15-18H2,1-3H3,(H,32,33). The first-order valence-electron chi connectivity index (χ1n) is 12.3. The SMILES string of the molecule is CCC1CN(Cc2cc(C(CC(=O)O)c3ccn(C)c(=O)c3)ccc2C)S(=O)(=O)Cc2ccccc2O1. The normalized spacial score (nSPS) is 18.2. The van der Waals surface area contributed by atoms with E-state index in [1.165, 1.54) is 14.9 Å². The van der Waals surface area contributed by atoms with E-state index in [0.29, 0.717) is 28.9 Å². The molecule has 0 fully saturated rings. The quantitative estimate of drug-likeness (QED) is 0.504. The second kappa shape index (κ2) is 10.9. The summed E-state index contributed by atoms with van der Waals surface area (Å²) in [4.78, 5) is 24.0. The van der Waals surface area contributed by atoms with Crippen LogP contribution >= 0.6 is 0 Å². The number of carbonyl (C=O) groups is 1. The summed E-state index contributed by atoms with van der Waals surface area (Å²) in [6.45, 7) is 4.22. The summed E-state index contributed by atoms with van der Waals surface area (Å²) >= 11 is 0. The van der Waals surface area contributed by atoms with Gasteiger partial charge in [0.15, 0.2) is 0 Å². The van der Waals surface area contributed by atoms with Crippen LogP contribution in [0.1, 0.15) is 53.5 Å². The smallest absolute Gasteiger partial charge is 0.304 e. The number of carboxylic acids is 1. The summed E-state index contributed by atoms with van der Waals surface area (Å²) in [5.41, 5.74) is 3.41. The molecule has 0 saturated carbocycles. The van der Waals surface area contributed by atoms with E-state index in [4.69, 9.17) is 4.74 Å². The van der Waals surface area contributed by atoms with Crippen LogP contribution < -0.4 is 10.3 Å². The first kappa shape index (κ1) is 26.6. The van der Waals surface area contributed by atoms with Gasteiger partial charge >= 0.3 is 5.97 Å². The van der Waals surface area contributed by atoms with E-state index in [9.17, 15) is 23.1 Å². The van der Waals surface area contributed by atoms with Gasteiger partial charge < -0.3 is 14.4 Å². The molecule has 2 unspecified atom stereocenters. The fraction of sp³-hybridized carbons (Fsp3) is 0.357. The van der Waals surface area contributed by atoms with Crippen molar-refractivity contribution in [1.82, 2.24) is 8.87 Å². The van der Waals surface area contributed by atoms with Crippen molar-refractivity contribution in [1.29, 1.82) is 0 Å². The zero-order valence-corrected chi connectivity index (χ0v) is 22.1. The number of sulfonamides is 1. The molecule has 0 radical (unpaired) electrons. The number of benzene rings is 2. The molecule has 0 amide bonds. The van der Waals surface area contributed by atoms with Gasteiger partial charge in [-0.2, -0.15) is 4.31 Å². The molecule has 8 nitrogen and oxygen atoms in total. The number of aliphatic carboxylic acids is 1. The molecule has 3 aromatic rings. The van der Waals surface area contributed by atoms with Gasteiger partial charge in [-0.1, -0.05) is 43.3 Å². The topological polar surface area (TPSA) is 106 Å². The maximum atomic E-state index is 13.5. The van der Waals surface area contributed by atoms with Crippen LogP contribution in [-0.2, 0) is 34.2 Å². The zero-order chi connectivity index (χ0) is 26.7. The van der Waals surface area contributed by atoms with Crippen LogP contribution in [0.4, 0.5) is 0 Å². The monoisotopic (exact) mass is 524 g/mol. The first-order chi connectivity index (χ1) is 17.6. The summed E-state index contributed by atoms with van der Waals surface area (Å²) in [5.74, 6) is -1.09. The Bertz CT molecular complexity index is 1460. The molecule has 1 aliphatic rings. The number of carboxylic acid groups (broad SMARTS) is 1. The third-order valence-corrected chi connectivity index (χ3v) is 8.63. The summed E-state index contributed by atoms with van der Waals surface area (Å²) in [7, 11) is -2.02. The Kier molecular flexibility index (Phi) is 7.85. The number of nitrogens with zero attached hydrogens (tertiary/aromatic N) is 2. The maximum absolute atomic E-state index is 13.5. The highest BCUT2D eigenvalue weighted by Gasteiger charge is 2.31. The molecule has 196 valence electrons. The van der Waals surface area contributed by atoms with Crippen molar-refractivity contribution in [2.75, 3.05) is 6.54 Å². The fourth-order valence-corrected chi connectivity index (χ4v) is 6.15. The van der Waals surface area contributed by atoms with E-state index < -0.39 is 21.9 Å².